The van der Waals surface area contributed by atoms with Crippen LogP contribution in [0, 0.1) is 11.8 Å². The zero-order valence-corrected chi connectivity index (χ0v) is 12.6. The van der Waals surface area contributed by atoms with Crippen molar-refractivity contribution in [2.45, 2.75) is 51.6 Å². The van der Waals surface area contributed by atoms with Crippen molar-refractivity contribution in [2.24, 2.45) is 11.8 Å². The SMILES string of the molecule is CC[C@@H](O)c1ccccc1N1CCC2CCCCC2C1. The van der Waals surface area contributed by atoms with Crippen molar-refractivity contribution in [1.29, 1.82) is 0 Å². The molecule has 2 fully saturated rings. The van der Waals surface area contributed by atoms with Gasteiger partial charge in [0.15, 0.2) is 0 Å². The van der Waals surface area contributed by atoms with Crippen LogP contribution in [0.5, 0.6) is 0 Å². The lowest BCUT2D eigenvalue weighted by Gasteiger charge is -2.43. The molecular weight excluding hydrogens is 246 g/mol. The Morgan fingerprint density at radius 3 is 2.70 bits per heavy atom. The van der Waals surface area contributed by atoms with Crippen molar-refractivity contribution in [1.82, 2.24) is 0 Å². The van der Waals surface area contributed by atoms with E-state index in [1.807, 2.05) is 6.07 Å². The molecule has 0 radical (unpaired) electrons. The van der Waals surface area contributed by atoms with E-state index in [0.29, 0.717) is 0 Å². The largest absolute Gasteiger partial charge is 0.388 e. The summed E-state index contributed by atoms with van der Waals surface area (Å²) in [7, 11) is 0. The fourth-order valence-electron chi connectivity index (χ4n) is 4.10. The van der Waals surface area contributed by atoms with Crippen LogP contribution in [0.25, 0.3) is 0 Å². The number of aliphatic hydroxyl groups is 1. The molecule has 3 atom stereocenters. The molecule has 0 bridgehead atoms. The summed E-state index contributed by atoms with van der Waals surface area (Å²) in [4.78, 5) is 2.53. The second kappa shape index (κ2) is 6.17. The number of rotatable bonds is 3. The summed E-state index contributed by atoms with van der Waals surface area (Å²) in [5.74, 6) is 1.84. The highest BCUT2D eigenvalue weighted by Crippen LogP contribution is 2.39. The van der Waals surface area contributed by atoms with Crippen LogP contribution in [-0.2, 0) is 0 Å². The highest BCUT2D eigenvalue weighted by Gasteiger charge is 2.32. The van der Waals surface area contributed by atoms with E-state index in [9.17, 15) is 5.11 Å². The fourth-order valence-corrected chi connectivity index (χ4v) is 4.10. The number of aliphatic hydroxyl groups excluding tert-OH is 1. The van der Waals surface area contributed by atoms with Crippen molar-refractivity contribution in [2.75, 3.05) is 18.0 Å². The molecule has 1 saturated heterocycles. The third-order valence-electron chi connectivity index (χ3n) is 5.31. The van der Waals surface area contributed by atoms with Gasteiger partial charge in [0.05, 0.1) is 6.10 Å². The monoisotopic (exact) mass is 273 g/mol. The molecule has 2 aliphatic rings. The van der Waals surface area contributed by atoms with Crippen LogP contribution < -0.4 is 4.90 Å². The summed E-state index contributed by atoms with van der Waals surface area (Å²) in [5.41, 5.74) is 2.38. The summed E-state index contributed by atoms with van der Waals surface area (Å²) in [6, 6.07) is 8.44. The smallest absolute Gasteiger partial charge is 0.0807 e. The Balaban J connectivity index is 1.79. The third kappa shape index (κ3) is 2.71. The minimum absolute atomic E-state index is 0.324. The van der Waals surface area contributed by atoms with Gasteiger partial charge >= 0.3 is 0 Å². The molecule has 110 valence electrons. The van der Waals surface area contributed by atoms with E-state index in [1.54, 1.807) is 0 Å². The van der Waals surface area contributed by atoms with Crippen LogP contribution >= 0.6 is 0 Å². The minimum atomic E-state index is -0.324. The number of nitrogens with zero attached hydrogens (tertiary/aromatic N) is 1. The molecule has 1 aromatic rings. The highest BCUT2D eigenvalue weighted by molar-refractivity contribution is 5.55. The second-order valence-corrected chi connectivity index (χ2v) is 6.52. The van der Waals surface area contributed by atoms with E-state index in [0.717, 1.165) is 30.4 Å². The minimum Gasteiger partial charge on any atom is -0.388 e. The Labute approximate surface area is 122 Å². The molecule has 20 heavy (non-hydrogen) atoms. The molecule has 2 unspecified atom stereocenters. The number of hydrogen-bond donors (Lipinski definition) is 1. The quantitative estimate of drug-likeness (QED) is 0.894. The van der Waals surface area contributed by atoms with E-state index in [2.05, 4.69) is 30.0 Å². The predicted octanol–water partition coefficient (Wildman–Crippen LogP) is 4.15. The van der Waals surface area contributed by atoms with Crippen LogP contribution in [0.15, 0.2) is 24.3 Å². The van der Waals surface area contributed by atoms with Gasteiger partial charge in [0.2, 0.25) is 0 Å². The molecule has 0 spiro atoms. The van der Waals surface area contributed by atoms with Crippen molar-refractivity contribution in [3.05, 3.63) is 29.8 Å². The van der Waals surface area contributed by atoms with Gasteiger partial charge in [0.25, 0.3) is 0 Å². The molecule has 0 amide bonds. The van der Waals surface area contributed by atoms with Gasteiger partial charge < -0.3 is 10.0 Å². The van der Waals surface area contributed by atoms with E-state index >= 15 is 0 Å². The molecule has 3 rings (SSSR count). The first-order chi connectivity index (χ1) is 9.79. The van der Waals surface area contributed by atoms with Crippen LogP contribution in [0.4, 0.5) is 5.69 Å². The summed E-state index contributed by atoms with van der Waals surface area (Å²) >= 11 is 0. The van der Waals surface area contributed by atoms with Gasteiger partial charge in [-0.2, -0.15) is 0 Å². The van der Waals surface area contributed by atoms with Gasteiger partial charge in [0.1, 0.15) is 0 Å². The molecule has 1 aliphatic carbocycles. The average Bonchev–Trinajstić information content (AvgIpc) is 2.53. The third-order valence-corrected chi connectivity index (χ3v) is 5.31. The Bertz CT molecular complexity index is 445. The molecule has 1 aromatic carbocycles. The maximum absolute atomic E-state index is 10.2. The second-order valence-electron chi connectivity index (χ2n) is 6.52. The van der Waals surface area contributed by atoms with Crippen LogP contribution in [0.2, 0.25) is 0 Å². The van der Waals surface area contributed by atoms with Gasteiger partial charge in [-0.1, -0.05) is 44.4 Å². The number of para-hydroxylation sites is 1. The number of anilines is 1. The summed E-state index contributed by atoms with van der Waals surface area (Å²) in [6.07, 6.45) is 7.49. The summed E-state index contributed by atoms with van der Waals surface area (Å²) in [5, 5.41) is 10.2. The van der Waals surface area contributed by atoms with E-state index in [-0.39, 0.29) is 6.10 Å². The molecular formula is C18H27NO. The first-order valence-electron chi connectivity index (χ1n) is 8.31. The van der Waals surface area contributed by atoms with E-state index in [4.69, 9.17) is 0 Å². The zero-order chi connectivity index (χ0) is 13.9. The van der Waals surface area contributed by atoms with Gasteiger partial charge in [0, 0.05) is 24.3 Å². The highest BCUT2D eigenvalue weighted by atomic mass is 16.3. The Kier molecular flexibility index (Phi) is 4.30. The van der Waals surface area contributed by atoms with Crippen LogP contribution in [-0.4, -0.2) is 18.2 Å². The molecule has 2 heteroatoms. The Morgan fingerprint density at radius 2 is 1.90 bits per heavy atom. The van der Waals surface area contributed by atoms with E-state index < -0.39 is 0 Å². The zero-order valence-electron chi connectivity index (χ0n) is 12.6. The van der Waals surface area contributed by atoms with Gasteiger partial charge in [-0.15, -0.1) is 0 Å². The molecule has 1 aliphatic heterocycles. The van der Waals surface area contributed by atoms with Crippen molar-refractivity contribution < 1.29 is 5.11 Å². The van der Waals surface area contributed by atoms with Gasteiger partial charge in [-0.25, -0.2) is 0 Å². The Hall–Kier alpha value is -1.02. The lowest BCUT2D eigenvalue weighted by atomic mass is 9.75. The molecule has 2 nitrogen and oxygen atoms in total. The number of benzene rings is 1. The maximum Gasteiger partial charge on any atom is 0.0807 e. The average molecular weight is 273 g/mol. The first-order valence-corrected chi connectivity index (χ1v) is 8.31. The fraction of sp³-hybridized carbons (Fsp3) is 0.667. The summed E-state index contributed by atoms with van der Waals surface area (Å²) in [6.45, 7) is 4.40. The van der Waals surface area contributed by atoms with Crippen molar-refractivity contribution in [3.8, 4) is 0 Å². The number of piperidine rings is 1. The topological polar surface area (TPSA) is 23.5 Å². The molecule has 1 heterocycles. The van der Waals surface area contributed by atoms with Crippen LogP contribution in [0.3, 0.4) is 0 Å². The van der Waals surface area contributed by atoms with E-state index in [1.165, 1.54) is 44.3 Å². The maximum atomic E-state index is 10.2. The molecule has 1 saturated carbocycles. The first kappa shape index (κ1) is 13.9. The van der Waals surface area contributed by atoms with Gasteiger partial charge in [-0.3, -0.25) is 0 Å². The molecule has 0 aromatic heterocycles. The number of fused-ring (bicyclic) bond motifs is 1. The Morgan fingerprint density at radius 1 is 1.15 bits per heavy atom. The van der Waals surface area contributed by atoms with Crippen molar-refractivity contribution in [3.63, 3.8) is 0 Å². The normalized spacial score (nSPS) is 28.0. The summed E-state index contributed by atoms with van der Waals surface area (Å²) < 4.78 is 0. The predicted molar refractivity (Wildman–Crippen MR) is 84.0 cm³/mol. The lowest BCUT2D eigenvalue weighted by molar-refractivity contribution is 0.172. The standard InChI is InChI=1S/C18H27NO/c1-2-18(20)16-9-5-6-10-17(16)19-12-11-14-7-3-4-8-15(14)13-19/h5-6,9-10,14-15,18,20H,2-4,7-8,11-13H2,1H3/t14?,15?,18-/m1/s1. The number of hydrogen-bond acceptors (Lipinski definition) is 2. The molecule has 1 N–H and O–H groups in total. The van der Waals surface area contributed by atoms with Crippen molar-refractivity contribution >= 4 is 5.69 Å². The van der Waals surface area contributed by atoms with Gasteiger partial charge in [-0.05, 0) is 37.2 Å². The van der Waals surface area contributed by atoms with Crippen LogP contribution in [0.1, 0.15) is 57.1 Å². The lowest BCUT2D eigenvalue weighted by Crippen LogP contribution is -2.42.